The standard InChI is InChI=1S/C19H20N2O3/c1-23-16-18-11-14-9-5-6-10-19(14,20-16)17(22)21(18)15(24-12-18)13-7-3-2-4-8-13/h2-4,7-8,11,15H,5-6,9-10,12H2,1H3/t15-,18?,19?/m1/s1. The highest BCUT2D eigenvalue weighted by atomic mass is 16.5. The van der Waals surface area contributed by atoms with Crippen molar-refractivity contribution in [3.05, 3.63) is 47.5 Å². The molecule has 2 fully saturated rings. The maximum atomic E-state index is 13.5. The highest BCUT2D eigenvalue weighted by Gasteiger charge is 2.66. The van der Waals surface area contributed by atoms with Crippen LogP contribution >= 0.6 is 0 Å². The van der Waals surface area contributed by atoms with Crippen LogP contribution in [0, 0.1) is 0 Å². The number of hydrogen-bond acceptors (Lipinski definition) is 4. The molecule has 124 valence electrons. The van der Waals surface area contributed by atoms with Gasteiger partial charge in [0.25, 0.3) is 5.91 Å². The topological polar surface area (TPSA) is 51.1 Å². The quantitative estimate of drug-likeness (QED) is 0.746. The van der Waals surface area contributed by atoms with Gasteiger partial charge in [0.2, 0.25) is 5.90 Å². The molecular formula is C19H20N2O3. The summed E-state index contributed by atoms with van der Waals surface area (Å²) < 4.78 is 11.7. The van der Waals surface area contributed by atoms with Crippen LogP contribution in [-0.2, 0) is 14.3 Å². The van der Waals surface area contributed by atoms with E-state index >= 15 is 0 Å². The summed E-state index contributed by atoms with van der Waals surface area (Å²) in [4.78, 5) is 20.2. The fourth-order valence-corrected chi connectivity index (χ4v) is 4.70. The molecule has 1 aromatic carbocycles. The van der Waals surface area contributed by atoms with Gasteiger partial charge in [-0.3, -0.25) is 9.69 Å². The monoisotopic (exact) mass is 324 g/mol. The minimum atomic E-state index is -0.758. The Kier molecular flexibility index (Phi) is 2.78. The number of aliphatic imine (C=N–C) groups is 1. The molecular weight excluding hydrogens is 304 g/mol. The largest absolute Gasteiger partial charge is 0.482 e. The van der Waals surface area contributed by atoms with E-state index in [4.69, 9.17) is 14.5 Å². The third kappa shape index (κ3) is 1.53. The van der Waals surface area contributed by atoms with E-state index in [1.165, 1.54) is 0 Å². The first-order valence-corrected chi connectivity index (χ1v) is 8.58. The molecule has 3 atom stereocenters. The lowest BCUT2D eigenvalue weighted by molar-refractivity contribution is -0.147. The number of nitrogens with zero attached hydrogens (tertiary/aromatic N) is 2. The van der Waals surface area contributed by atoms with Gasteiger partial charge in [0.15, 0.2) is 17.3 Å². The number of amides is 1. The highest BCUT2D eigenvalue weighted by Crippen LogP contribution is 2.54. The van der Waals surface area contributed by atoms with Crippen molar-refractivity contribution >= 4 is 11.8 Å². The van der Waals surface area contributed by atoms with Crippen LogP contribution in [0.2, 0.25) is 0 Å². The minimum Gasteiger partial charge on any atom is -0.482 e. The average Bonchev–Trinajstić information content (AvgIpc) is 3.02. The summed E-state index contributed by atoms with van der Waals surface area (Å²) in [5.74, 6) is 0.693. The summed E-state index contributed by atoms with van der Waals surface area (Å²) in [6.45, 7) is 0.393. The van der Waals surface area contributed by atoms with E-state index in [0.29, 0.717) is 12.5 Å². The first kappa shape index (κ1) is 14.2. The smallest absolute Gasteiger partial charge is 0.258 e. The molecule has 1 aliphatic carbocycles. The molecule has 2 spiro atoms. The van der Waals surface area contributed by atoms with E-state index in [1.807, 2.05) is 35.2 Å². The molecule has 4 aliphatic heterocycles. The molecule has 6 rings (SSSR count). The number of carbonyl (C=O) groups excluding carboxylic acids is 1. The molecule has 4 heterocycles. The van der Waals surface area contributed by atoms with Crippen molar-refractivity contribution in [2.75, 3.05) is 13.7 Å². The number of methoxy groups -OCH3 is 1. The van der Waals surface area contributed by atoms with Gasteiger partial charge in [-0.2, -0.15) is 0 Å². The van der Waals surface area contributed by atoms with Gasteiger partial charge in [0, 0.05) is 5.56 Å². The number of benzene rings is 1. The van der Waals surface area contributed by atoms with Gasteiger partial charge in [-0.05, 0) is 37.3 Å². The van der Waals surface area contributed by atoms with Crippen molar-refractivity contribution in [3.63, 3.8) is 0 Å². The van der Waals surface area contributed by atoms with Crippen LogP contribution in [0.15, 0.2) is 47.0 Å². The Hall–Kier alpha value is -2.14. The Morgan fingerprint density at radius 2 is 2.12 bits per heavy atom. The Morgan fingerprint density at radius 3 is 2.92 bits per heavy atom. The molecule has 1 aromatic rings. The van der Waals surface area contributed by atoms with Gasteiger partial charge in [-0.15, -0.1) is 0 Å². The normalized spacial score (nSPS) is 36.8. The Balaban J connectivity index is 1.69. The maximum absolute atomic E-state index is 13.5. The number of rotatable bonds is 1. The molecule has 0 N–H and O–H groups in total. The maximum Gasteiger partial charge on any atom is 0.258 e. The second-order valence-electron chi connectivity index (χ2n) is 7.03. The Bertz CT molecular complexity index is 772. The van der Waals surface area contributed by atoms with E-state index < -0.39 is 11.1 Å². The van der Waals surface area contributed by atoms with Crippen molar-refractivity contribution in [2.24, 2.45) is 4.99 Å². The van der Waals surface area contributed by atoms with Crippen LogP contribution in [-0.4, -0.2) is 41.5 Å². The van der Waals surface area contributed by atoms with Crippen molar-refractivity contribution in [1.82, 2.24) is 4.90 Å². The molecule has 24 heavy (non-hydrogen) atoms. The molecule has 1 amide bonds. The summed E-state index contributed by atoms with van der Waals surface area (Å²) in [5, 5.41) is 0. The number of carbonyl (C=O) groups is 1. The van der Waals surface area contributed by atoms with E-state index in [9.17, 15) is 4.79 Å². The van der Waals surface area contributed by atoms with Gasteiger partial charge in [-0.25, -0.2) is 4.99 Å². The fourth-order valence-electron chi connectivity index (χ4n) is 4.70. The predicted octanol–water partition coefficient (Wildman–Crippen LogP) is 2.59. The van der Waals surface area contributed by atoms with Gasteiger partial charge in [0.05, 0.1) is 13.7 Å². The second-order valence-corrected chi connectivity index (χ2v) is 7.03. The van der Waals surface area contributed by atoms with E-state index in [2.05, 4.69) is 6.08 Å². The Labute approximate surface area is 141 Å². The van der Waals surface area contributed by atoms with E-state index in [-0.39, 0.29) is 12.1 Å². The third-order valence-corrected chi connectivity index (χ3v) is 5.82. The van der Waals surface area contributed by atoms with Crippen LogP contribution in [0.3, 0.4) is 0 Å². The lowest BCUT2D eigenvalue weighted by atomic mass is 9.68. The fraction of sp³-hybridized carbons (Fsp3) is 0.474. The SMILES string of the molecule is COC1=NC23CCCCC2=CC12CO[C@H](c1ccccc1)N2C3=O. The highest BCUT2D eigenvalue weighted by molar-refractivity contribution is 6.07. The zero-order chi connectivity index (χ0) is 16.4. The molecule has 5 aliphatic rings. The number of hydrogen-bond donors (Lipinski definition) is 0. The third-order valence-electron chi connectivity index (χ3n) is 5.82. The number of dihydropyridines is 1. The average molecular weight is 324 g/mol. The minimum absolute atomic E-state index is 0.0758. The van der Waals surface area contributed by atoms with Crippen molar-refractivity contribution in [1.29, 1.82) is 0 Å². The first-order valence-electron chi connectivity index (χ1n) is 8.58. The predicted molar refractivity (Wildman–Crippen MR) is 88.4 cm³/mol. The van der Waals surface area contributed by atoms with E-state index in [0.717, 1.165) is 36.8 Å². The second kappa shape index (κ2) is 4.70. The summed E-state index contributed by atoms with van der Waals surface area (Å²) in [7, 11) is 1.64. The molecule has 2 unspecified atom stereocenters. The van der Waals surface area contributed by atoms with Gasteiger partial charge in [0.1, 0.15) is 0 Å². The molecule has 1 saturated heterocycles. The van der Waals surface area contributed by atoms with Crippen molar-refractivity contribution in [2.45, 2.75) is 43.0 Å². The van der Waals surface area contributed by atoms with Crippen LogP contribution in [0.1, 0.15) is 37.5 Å². The molecule has 5 heteroatoms. The first-order chi connectivity index (χ1) is 11.7. The van der Waals surface area contributed by atoms with Gasteiger partial charge >= 0.3 is 0 Å². The lowest BCUT2D eigenvalue weighted by Gasteiger charge is -2.53. The van der Waals surface area contributed by atoms with Crippen LogP contribution < -0.4 is 0 Å². The van der Waals surface area contributed by atoms with Gasteiger partial charge < -0.3 is 9.47 Å². The molecule has 0 radical (unpaired) electrons. The van der Waals surface area contributed by atoms with Crippen LogP contribution in [0.25, 0.3) is 0 Å². The lowest BCUT2D eigenvalue weighted by Crippen LogP contribution is -2.69. The summed E-state index contributed by atoms with van der Waals surface area (Å²) in [5.41, 5.74) is 0.716. The number of ether oxygens (including phenoxy) is 2. The molecule has 0 aromatic heterocycles. The summed E-state index contributed by atoms with van der Waals surface area (Å²) in [6.07, 6.45) is 5.67. The molecule has 1 saturated carbocycles. The van der Waals surface area contributed by atoms with Crippen molar-refractivity contribution in [3.8, 4) is 0 Å². The molecule has 2 bridgehead atoms. The van der Waals surface area contributed by atoms with Crippen molar-refractivity contribution < 1.29 is 14.3 Å². The molecule has 5 nitrogen and oxygen atoms in total. The summed E-state index contributed by atoms with van der Waals surface area (Å²) in [6, 6.07) is 9.93. The van der Waals surface area contributed by atoms with Gasteiger partial charge in [-0.1, -0.05) is 30.3 Å². The summed E-state index contributed by atoms with van der Waals surface area (Å²) >= 11 is 0. The van der Waals surface area contributed by atoms with Crippen LogP contribution in [0.5, 0.6) is 0 Å². The van der Waals surface area contributed by atoms with E-state index in [1.54, 1.807) is 7.11 Å². The van der Waals surface area contributed by atoms with Crippen LogP contribution in [0.4, 0.5) is 0 Å². The zero-order valence-electron chi connectivity index (χ0n) is 13.7. The zero-order valence-corrected chi connectivity index (χ0v) is 13.7. The Morgan fingerprint density at radius 1 is 1.29 bits per heavy atom.